The lowest BCUT2D eigenvalue weighted by atomic mass is 9.85. The molecule has 0 aromatic rings. The number of aliphatic carboxylic acids is 1. The number of allylic oxidation sites excluding steroid dienone is 1. The number of carbonyl (C=O) groups is 1. The first-order valence-corrected chi connectivity index (χ1v) is 4.30. The summed E-state index contributed by atoms with van der Waals surface area (Å²) in [5.74, 6) is -0.0323. The minimum Gasteiger partial charge on any atom is -0.481 e. The summed E-state index contributed by atoms with van der Waals surface area (Å²) in [4.78, 5) is 10.5. The van der Waals surface area contributed by atoms with Gasteiger partial charge in [-0.25, -0.2) is 0 Å². The lowest BCUT2D eigenvalue weighted by molar-refractivity contribution is -0.138. The minimum atomic E-state index is -0.731. The van der Waals surface area contributed by atoms with Crippen molar-refractivity contribution in [2.45, 2.75) is 24.8 Å². The van der Waals surface area contributed by atoms with Crippen LogP contribution in [0.1, 0.15) is 19.3 Å². The summed E-state index contributed by atoms with van der Waals surface area (Å²) in [6, 6.07) is 0. The van der Waals surface area contributed by atoms with Gasteiger partial charge in [0.05, 0.1) is 6.42 Å². The van der Waals surface area contributed by atoms with Crippen molar-refractivity contribution in [3.63, 3.8) is 0 Å². The molecule has 2 aliphatic rings. The minimum absolute atomic E-state index is 0.157. The predicted molar refractivity (Wildman–Crippen MR) is 44.5 cm³/mol. The summed E-state index contributed by atoms with van der Waals surface area (Å²) in [6.07, 6.45) is 6.24. The Kier molecular flexibility index (Phi) is 1.51. The van der Waals surface area contributed by atoms with Crippen molar-refractivity contribution in [2.75, 3.05) is 0 Å². The molecule has 3 heteroatoms. The molecule has 1 fully saturated rings. The van der Waals surface area contributed by atoms with Crippen molar-refractivity contribution < 1.29 is 9.90 Å². The van der Waals surface area contributed by atoms with Crippen LogP contribution < -0.4 is 5.73 Å². The van der Waals surface area contributed by atoms with Crippen molar-refractivity contribution in [1.82, 2.24) is 0 Å². The molecule has 66 valence electrons. The number of nitrogens with two attached hydrogens (primary N) is 1. The van der Waals surface area contributed by atoms with E-state index in [1.807, 2.05) is 6.08 Å². The fourth-order valence-corrected chi connectivity index (χ4v) is 2.44. The molecule has 0 radical (unpaired) electrons. The Labute approximate surface area is 71.3 Å². The first-order chi connectivity index (χ1) is 5.60. The van der Waals surface area contributed by atoms with Crippen LogP contribution >= 0.6 is 0 Å². The van der Waals surface area contributed by atoms with Crippen LogP contribution in [0.15, 0.2) is 12.2 Å². The molecule has 3 N–H and O–H groups in total. The fourth-order valence-electron chi connectivity index (χ4n) is 2.44. The van der Waals surface area contributed by atoms with Crippen molar-refractivity contribution in [3.8, 4) is 0 Å². The van der Waals surface area contributed by atoms with E-state index >= 15 is 0 Å². The Balaban J connectivity index is 2.10. The van der Waals surface area contributed by atoms with E-state index in [4.69, 9.17) is 10.8 Å². The van der Waals surface area contributed by atoms with Gasteiger partial charge in [-0.1, -0.05) is 12.2 Å². The second kappa shape index (κ2) is 2.33. The summed E-state index contributed by atoms with van der Waals surface area (Å²) in [5, 5.41) is 8.64. The quantitative estimate of drug-likeness (QED) is 0.597. The van der Waals surface area contributed by atoms with Crippen LogP contribution in [0.3, 0.4) is 0 Å². The highest BCUT2D eigenvalue weighted by Gasteiger charge is 2.46. The molecule has 2 rings (SSSR count). The third-order valence-corrected chi connectivity index (χ3v) is 3.06. The van der Waals surface area contributed by atoms with E-state index < -0.39 is 5.97 Å². The molecule has 2 aliphatic carbocycles. The molecule has 0 saturated heterocycles. The molecule has 2 bridgehead atoms. The average Bonchev–Trinajstić information content (AvgIpc) is 2.42. The van der Waals surface area contributed by atoms with E-state index in [0.717, 1.165) is 12.8 Å². The normalized spacial score (nSPS) is 43.8. The molecule has 0 aromatic carbocycles. The Morgan fingerprint density at radius 1 is 1.75 bits per heavy atom. The largest absolute Gasteiger partial charge is 0.481 e. The van der Waals surface area contributed by atoms with Crippen molar-refractivity contribution in [3.05, 3.63) is 12.2 Å². The van der Waals surface area contributed by atoms with Gasteiger partial charge in [-0.05, 0) is 24.7 Å². The number of hydrogen-bond donors (Lipinski definition) is 2. The van der Waals surface area contributed by atoms with Gasteiger partial charge in [0, 0.05) is 5.54 Å². The molecule has 0 aromatic heterocycles. The molecular weight excluding hydrogens is 154 g/mol. The standard InChI is InChI=1S/C9H13NO2/c10-9-2-1-6(5-9)3-7(9)4-8(11)12/h1-2,6-7H,3-5,10H2,(H,11,12). The summed E-state index contributed by atoms with van der Waals surface area (Å²) < 4.78 is 0. The summed E-state index contributed by atoms with van der Waals surface area (Å²) in [6.45, 7) is 0. The summed E-state index contributed by atoms with van der Waals surface area (Å²) in [5.41, 5.74) is 5.74. The average molecular weight is 167 g/mol. The highest BCUT2D eigenvalue weighted by molar-refractivity contribution is 5.67. The second-order valence-corrected chi connectivity index (χ2v) is 3.97. The monoisotopic (exact) mass is 167 g/mol. The Hall–Kier alpha value is -0.830. The highest BCUT2D eigenvalue weighted by Crippen LogP contribution is 2.46. The zero-order valence-electron chi connectivity index (χ0n) is 6.86. The van der Waals surface area contributed by atoms with E-state index in [0.29, 0.717) is 5.92 Å². The van der Waals surface area contributed by atoms with Gasteiger partial charge in [0.1, 0.15) is 0 Å². The van der Waals surface area contributed by atoms with Crippen LogP contribution in [0.5, 0.6) is 0 Å². The van der Waals surface area contributed by atoms with Gasteiger partial charge in [-0.15, -0.1) is 0 Å². The van der Waals surface area contributed by atoms with Gasteiger partial charge in [-0.3, -0.25) is 4.79 Å². The lowest BCUT2D eigenvalue weighted by Crippen LogP contribution is -2.41. The molecule has 0 aliphatic heterocycles. The maximum atomic E-state index is 10.5. The number of carboxylic acids is 1. The van der Waals surface area contributed by atoms with Gasteiger partial charge < -0.3 is 10.8 Å². The number of fused-ring (bicyclic) bond motifs is 2. The van der Waals surface area contributed by atoms with Crippen LogP contribution in [-0.2, 0) is 4.79 Å². The van der Waals surface area contributed by atoms with Crippen LogP contribution in [0.25, 0.3) is 0 Å². The van der Waals surface area contributed by atoms with Gasteiger partial charge in [0.25, 0.3) is 0 Å². The van der Waals surface area contributed by atoms with Gasteiger partial charge >= 0.3 is 5.97 Å². The van der Waals surface area contributed by atoms with Crippen LogP contribution in [0.2, 0.25) is 0 Å². The number of carboxylic acid groups (broad SMARTS) is 1. The Bertz CT molecular complexity index is 249. The second-order valence-electron chi connectivity index (χ2n) is 3.97. The smallest absolute Gasteiger partial charge is 0.303 e. The third-order valence-electron chi connectivity index (χ3n) is 3.06. The first kappa shape index (κ1) is 7.80. The molecule has 3 nitrogen and oxygen atoms in total. The van der Waals surface area contributed by atoms with E-state index in [9.17, 15) is 4.79 Å². The van der Waals surface area contributed by atoms with Gasteiger partial charge in [-0.2, -0.15) is 0 Å². The maximum Gasteiger partial charge on any atom is 0.303 e. The van der Waals surface area contributed by atoms with E-state index in [2.05, 4.69) is 6.08 Å². The van der Waals surface area contributed by atoms with Gasteiger partial charge in [0.15, 0.2) is 0 Å². The van der Waals surface area contributed by atoms with E-state index in [1.165, 1.54) is 0 Å². The predicted octanol–water partition coefficient (Wildman–Crippen LogP) is 0.755. The van der Waals surface area contributed by atoms with E-state index in [-0.39, 0.29) is 17.9 Å². The zero-order valence-corrected chi connectivity index (χ0v) is 6.86. The van der Waals surface area contributed by atoms with Crippen molar-refractivity contribution >= 4 is 5.97 Å². The molecule has 12 heavy (non-hydrogen) atoms. The summed E-state index contributed by atoms with van der Waals surface area (Å²) >= 11 is 0. The van der Waals surface area contributed by atoms with Crippen LogP contribution in [0.4, 0.5) is 0 Å². The summed E-state index contributed by atoms with van der Waals surface area (Å²) in [7, 11) is 0. The molecule has 0 amide bonds. The Morgan fingerprint density at radius 3 is 2.92 bits per heavy atom. The molecule has 3 atom stereocenters. The molecule has 1 saturated carbocycles. The Morgan fingerprint density at radius 2 is 2.50 bits per heavy atom. The van der Waals surface area contributed by atoms with Crippen LogP contribution in [-0.4, -0.2) is 16.6 Å². The van der Waals surface area contributed by atoms with Gasteiger partial charge in [0.2, 0.25) is 0 Å². The maximum absolute atomic E-state index is 10.5. The highest BCUT2D eigenvalue weighted by atomic mass is 16.4. The molecular formula is C9H13NO2. The number of rotatable bonds is 2. The van der Waals surface area contributed by atoms with E-state index in [1.54, 1.807) is 0 Å². The van der Waals surface area contributed by atoms with Crippen molar-refractivity contribution in [2.24, 2.45) is 17.6 Å². The topological polar surface area (TPSA) is 63.3 Å². The van der Waals surface area contributed by atoms with Crippen LogP contribution in [0, 0.1) is 11.8 Å². The SMILES string of the molecule is NC12C=CC(CC1CC(=O)O)C2. The lowest BCUT2D eigenvalue weighted by Gasteiger charge is -2.26. The molecule has 0 heterocycles. The molecule has 0 spiro atoms. The first-order valence-electron chi connectivity index (χ1n) is 4.30. The number of hydrogen-bond acceptors (Lipinski definition) is 2. The zero-order chi connectivity index (χ0) is 8.77. The van der Waals surface area contributed by atoms with Crippen molar-refractivity contribution in [1.29, 1.82) is 0 Å². The molecule has 3 unspecified atom stereocenters. The fraction of sp³-hybridized carbons (Fsp3) is 0.667. The third kappa shape index (κ3) is 1.05.